The number of anilines is 1. The number of rotatable bonds is 4. The Morgan fingerprint density at radius 3 is 2.33 bits per heavy atom. The average molecular weight is 556 g/mol. The first kappa shape index (κ1) is 23.9. The lowest BCUT2D eigenvalue weighted by molar-refractivity contribution is -0.0595. The Kier molecular flexibility index (Phi) is 6.40. The standard InChI is InChI=1S/C28H33IN2O2/c1-15-8-10-19(11-9-15)22-16(2)24-25(31-14-20-21(29)12-13-30-26(20)24)17(3)23(22)27(18(4)32)33-28(5,6)7/h8-12,27,30-32H,4,13-14H2,1-3,5-7H3/t27-/m1/s1. The highest BCUT2D eigenvalue weighted by atomic mass is 127. The summed E-state index contributed by atoms with van der Waals surface area (Å²) in [5, 5.41) is 18.0. The van der Waals surface area contributed by atoms with Gasteiger partial charge in [-0.1, -0.05) is 42.5 Å². The zero-order valence-corrected chi connectivity index (χ0v) is 22.5. The molecule has 0 bridgehead atoms. The van der Waals surface area contributed by atoms with E-state index in [1.807, 2.05) is 20.8 Å². The van der Waals surface area contributed by atoms with Gasteiger partial charge < -0.3 is 20.5 Å². The highest BCUT2D eigenvalue weighted by Gasteiger charge is 2.34. The molecule has 2 aromatic carbocycles. The molecule has 0 radical (unpaired) electrons. The number of aliphatic hydroxyl groups excluding tert-OH is 1. The zero-order chi connectivity index (χ0) is 24.1. The molecule has 1 atom stereocenters. The minimum atomic E-state index is -0.637. The molecule has 5 heteroatoms. The first-order chi connectivity index (χ1) is 15.5. The Morgan fingerprint density at radius 2 is 1.73 bits per heavy atom. The summed E-state index contributed by atoms with van der Waals surface area (Å²) in [5.41, 5.74) is 11.0. The van der Waals surface area contributed by atoms with Gasteiger partial charge in [0.1, 0.15) is 11.9 Å². The van der Waals surface area contributed by atoms with Gasteiger partial charge in [-0.25, -0.2) is 0 Å². The topological polar surface area (TPSA) is 53.5 Å². The zero-order valence-electron chi connectivity index (χ0n) is 20.3. The molecule has 0 spiro atoms. The first-order valence-electron chi connectivity index (χ1n) is 11.4. The lowest BCUT2D eigenvalue weighted by Gasteiger charge is -2.36. The first-order valence-corrected chi connectivity index (χ1v) is 12.4. The maximum absolute atomic E-state index is 10.7. The molecule has 0 aliphatic carbocycles. The highest BCUT2D eigenvalue weighted by molar-refractivity contribution is 14.1. The number of aryl methyl sites for hydroxylation is 1. The summed E-state index contributed by atoms with van der Waals surface area (Å²) in [6, 6.07) is 8.58. The van der Waals surface area contributed by atoms with Gasteiger partial charge in [-0.05, 0) is 86.4 Å². The molecular formula is C28H33IN2O2. The van der Waals surface area contributed by atoms with Gasteiger partial charge in [0.05, 0.1) is 11.3 Å². The van der Waals surface area contributed by atoms with Crippen LogP contribution in [0.2, 0.25) is 0 Å². The SMILES string of the molecule is C=C(O)[C@@H](OC(C)(C)C)c1c(C)c2c(c(C)c1-c1ccc(C)cc1)C1=C(CN2)C(I)=CCN1. The number of halogens is 1. The van der Waals surface area contributed by atoms with E-state index in [0.29, 0.717) is 0 Å². The van der Waals surface area contributed by atoms with Gasteiger partial charge in [0.25, 0.3) is 0 Å². The van der Waals surface area contributed by atoms with Gasteiger partial charge in [0.2, 0.25) is 0 Å². The van der Waals surface area contributed by atoms with Crippen LogP contribution in [0.15, 0.2) is 51.8 Å². The molecule has 0 aromatic heterocycles. The van der Waals surface area contributed by atoms with E-state index in [1.165, 1.54) is 26.0 Å². The summed E-state index contributed by atoms with van der Waals surface area (Å²) in [7, 11) is 0. The van der Waals surface area contributed by atoms with E-state index in [1.54, 1.807) is 0 Å². The second-order valence-corrected chi connectivity index (χ2v) is 11.1. The molecule has 2 aliphatic heterocycles. The molecule has 0 amide bonds. The van der Waals surface area contributed by atoms with Crippen molar-refractivity contribution in [3.63, 3.8) is 0 Å². The van der Waals surface area contributed by atoms with Crippen LogP contribution in [0.3, 0.4) is 0 Å². The quantitative estimate of drug-likeness (QED) is 0.274. The fourth-order valence-corrected chi connectivity index (χ4v) is 5.49. The molecule has 0 unspecified atom stereocenters. The van der Waals surface area contributed by atoms with Crippen molar-refractivity contribution in [3.8, 4) is 11.1 Å². The van der Waals surface area contributed by atoms with Gasteiger partial charge in [-0.15, -0.1) is 0 Å². The fourth-order valence-electron chi connectivity index (χ4n) is 4.81. The number of nitrogens with one attached hydrogen (secondary N) is 2. The van der Waals surface area contributed by atoms with Crippen molar-refractivity contribution in [1.29, 1.82) is 0 Å². The van der Waals surface area contributed by atoms with Crippen molar-refractivity contribution >= 4 is 34.0 Å². The van der Waals surface area contributed by atoms with Crippen LogP contribution in [0.1, 0.15) is 54.7 Å². The van der Waals surface area contributed by atoms with Crippen molar-refractivity contribution in [3.05, 3.63) is 79.6 Å². The second-order valence-electron chi connectivity index (χ2n) is 9.90. The molecular weight excluding hydrogens is 523 g/mol. The molecule has 4 rings (SSSR count). The Bertz CT molecular complexity index is 1180. The summed E-state index contributed by atoms with van der Waals surface area (Å²) >= 11 is 2.43. The number of hydrogen-bond donors (Lipinski definition) is 3. The third kappa shape index (κ3) is 4.45. The van der Waals surface area contributed by atoms with E-state index in [4.69, 9.17) is 4.74 Å². The average Bonchev–Trinajstić information content (AvgIpc) is 2.74. The molecule has 3 N–H and O–H groups in total. The van der Waals surface area contributed by atoms with Gasteiger partial charge in [-0.2, -0.15) is 0 Å². The predicted octanol–water partition coefficient (Wildman–Crippen LogP) is 7.27. The summed E-state index contributed by atoms with van der Waals surface area (Å²) in [6.07, 6.45) is 1.59. The van der Waals surface area contributed by atoms with Crippen LogP contribution in [0, 0.1) is 20.8 Å². The third-order valence-electron chi connectivity index (χ3n) is 6.27. The number of dihydropyridines is 1. The van der Waals surface area contributed by atoms with Crippen molar-refractivity contribution in [2.75, 3.05) is 18.4 Å². The van der Waals surface area contributed by atoms with Crippen molar-refractivity contribution in [2.24, 2.45) is 0 Å². The minimum absolute atomic E-state index is 0.0183. The number of benzene rings is 2. The van der Waals surface area contributed by atoms with E-state index < -0.39 is 11.7 Å². The van der Waals surface area contributed by atoms with E-state index in [0.717, 1.165) is 46.6 Å². The largest absolute Gasteiger partial charge is 0.510 e. The van der Waals surface area contributed by atoms with E-state index >= 15 is 0 Å². The minimum Gasteiger partial charge on any atom is -0.510 e. The molecule has 2 aromatic rings. The lowest BCUT2D eigenvalue weighted by atomic mass is 9.81. The summed E-state index contributed by atoms with van der Waals surface area (Å²) in [6.45, 7) is 17.9. The molecule has 174 valence electrons. The van der Waals surface area contributed by atoms with Gasteiger partial charge in [0, 0.05) is 39.1 Å². The van der Waals surface area contributed by atoms with Crippen LogP contribution in [0.5, 0.6) is 0 Å². The van der Waals surface area contributed by atoms with Crippen molar-refractivity contribution in [2.45, 2.75) is 53.2 Å². The third-order valence-corrected chi connectivity index (χ3v) is 7.36. The van der Waals surface area contributed by atoms with Crippen LogP contribution in [0.4, 0.5) is 5.69 Å². The maximum atomic E-state index is 10.7. The van der Waals surface area contributed by atoms with Gasteiger partial charge >= 0.3 is 0 Å². The monoisotopic (exact) mass is 556 g/mol. The smallest absolute Gasteiger partial charge is 0.140 e. The molecule has 4 nitrogen and oxygen atoms in total. The number of hydrogen-bond acceptors (Lipinski definition) is 4. The highest BCUT2D eigenvalue weighted by Crippen LogP contribution is 2.48. The normalized spacial score (nSPS) is 16.3. The Hall–Kier alpha value is -2.25. The Balaban J connectivity index is 2.07. The summed E-state index contributed by atoms with van der Waals surface area (Å²) < 4.78 is 7.69. The van der Waals surface area contributed by atoms with Crippen molar-refractivity contribution < 1.29 is 9.84 Å². The fraction of sp³-hybridized carbons (Fsp3) is 0.357. The van der Waals surface area contributed by atoms with Crippen LogP contribution >= 0.6 is 22.6 Å². The number of ether oxygens (including phenoxy) is 1. The molecule has 0 fully saturated rings. The molecule has 0 saturated carbocycles. The van der Waals surface area contributed by atoms with Crippen molar-refractivity contribution in [1.82, 2.24) is 5.32 Å². The van der Waals surface area contributed by atoms with E-state index in [2.05, 4.69) is 90.9 Å². The molecule has 2 heterocycles. The Morgan fingerprint density at radius 1 is 1.06 bits per heavy atom. The van der Waals surface area contributed by atoms with E-state index in [9.17, 15) is 5.11 Å². The summed E-state index contributed by atoms with van der Waals surface area (Å²) in [4.78, 5) is 0. The number of fused-ring (bicyclic) bond motifs is 2. The van der Waals surface area contributed by atoms with Crippen LogP contribution in [0.25, 0.3) is 16.8 Å². The van der Waals surface area contributed by atoms with Gasteiger partial charge in [0.15, 0.2) is 0 Å². The van der Waals surface area contributed by atoms with E-state index in [-0.39, 0.29) is 5.76 Å². The van der Waals surface area contributed by atoms with Crippen LogP contribution in [-0.2, 0) is 4.74 Å². The van der Waals surface area contributed by atoms with Crippen LogP contribution in [-0.4, -0.2) is 23.8 Å². The maximum Gasteiger partial charge on any atom is 0.140 e. The number of aliphatic hydroxyl groups is 1. The molecule has 2 aliphatic rings. The second kappa shape index (κ2) is 8.84. The molecule has 33 heavy (non-hydrogen) atoms. The Labute approximate surface area is 211 Å². The molecule has 0 saturated heterocycles. The van der Waals surface area contributed by atoms with Gasteiger partial charge in [-0.3, -0.25) is 0 Å². The predicted molar refractivity (Wildman–Crippen MR) is 147 cm³/mol. The van der Waals surface area contributed by atoms with Crippen LogP contribution < -0.4 is 10.6 Å². The lowest BCUT2D eigenvalue weighted by Crippen LogP contribution is -2.29. The summed E-state index contributed by atoms with van der Waals surface area (Å²) in [5.74, 6) is 0.0183.